The average molecular weight is 389 g/mol. The van der Waals surface area contributed by atoms with E-state index in [0.29, 0.717) is 18.7 Å². The van der Waals surface area contributed by atoms with Crippen LogP contribution in [0.4, 0.5) is 0 Å². The Morgan fingerprint density at radius 1 is 1.12 bits per heavy atom. The molecule has 1 heterocycles. The van der Waals surface area contributed by atoms with Crippen LogP contribution in [0.5, 0.6) is 11.5 Å². The number of aldehydes is 1. The lowest BCUT2D eigenvalue weighted by Gasteiger charge is -2.19. The first kappa shape index (κ1) is 18.7. The minimum atomic E-state index is 0.664. The number of hydrogen-bond acceptors (Lipinski definition) is 6. The molecule has 1 aliphatic heterocycles. The van der Waals surface area contributed by atoms with Crippen LogP contribution >= 0.6 is 24.4 Å². The van der Waals surface area contributed by atoms with Crippen LogP contribution in [0, 0.1) is 0 Å². The van der Waals surface area contributed by atoms with Gasteiger partial charge in [-0.25, -0.2) is 4.31 Å². The third-order valence-electron chi connectivity index (χ3n) is 4.09. The van der Waals surface area contributed by atoms with Crippen molar-refractivity contribution >= 4 is 35.6 Å². The highest BCUT2D eigenvalue weighted by molar-refractivity contribution is 7.97. The van der Waals surface area contributed by atoms with Crippen LogP contribution in [0.2, 0.25) is 0 Å². The molecule has 0 radical (unpaired) electrons. The molecule has 5 nitrogen and oxygen atoms in total. The van der Waals surface area contributed by atoms with Crippen LogP contribution in [0.15, 0.2) is 42.5 Å². The van der Waals surface area contributed by atoms with E-state index < -0.39 is 0 Å². The van der Waals surface area contributed by atoms with E-state index in [9.17, 15) is 4.79 Å². The molecule has 2 aromatic carbocycles. The van der Waals surface area contributed by atoms with Crippen molar-refractivity contribution in [2.75, 3.05) is 20.8 Å². The van der Waals surface area contributed by atoms with Crippen LogP contribution in [0.3, 0.4) is 0 Å². The molecule has 3 rings (SSSR count). The zero-order chi connectivity index (χ0) is 18.5. The predicted molar refractivity (Wildman–Crippen MR) is 108 cm³/mol. The molecule has 0 saturated carbocycles. The number of nitrogens with zero attached hydrogens (tertiary/aromatic N) is 2. The molecule has 0 aromatic heterocycles. The monoisotopic (exact) mass is 388 g/mol. The zero-order valence-electron chi connectivity index (χ0n) is 14.7. The van der Waals surface area contributed by atoms with E-state index in [1.165, 1.54) is 0 Å². The van der Waals surface area contributed by atoms with Crippen LogP contribution in [0.1, 0.15) is 21.5 Å². The highest BCUT2D eigenvalue weighted by atomic mass is 32.2. The Kier molecular flexibility index (Phi) is 6.13. The van der Waals surface area contributed by atoms with Crippen LogP contribution in [0.25, 0.3) is 0 Å². The third-order valence-corrected chi connectivity index (χ3v) is 5.59. The second-order valence-electron chi connectivity index (χ2n) is 5.85. The van der Waals surface area contributed by atoms with Crippen molar-refractivity contribution in [3.05, 3.63) is 59.2 Å². The number of ether oxygens (including phenoxy) is 2. The summed E-state index contributed by atoms with van der Waals surface area (Å²) in [6.07, 6.45) is 0.855. The van der Waals surface area contributed by atoms with Gasteiger partial charge in [0.1, 0.15) is 22.8 Å². The van der Waals surface area contributed by atoms with E-state index in [2.05, 4.69) is 8.61 Å². The summed E-state index contributed by atoms with van der Waals surface area (Å²) >= 11 is 7.17. The van der Waals surface area contributed by atoms with Gasteiger partial charge in [0.05, 0.1) is 27.3 Å². The van der Waals surface area contributed by atoms with Gasteiger partial charge in [-0.1, -0.05) is 36.5 Å². The fourth-order valence-electron chi connectivity index (χ4n) is 2.69. The van der Waals surface area contributed by atoms with Gasteiger partial charge >= 0.3 is 0 Å². The Balaban J connectivity index is 1.65. The molecule has 1 saturated heterocycles. The lowest BCUT2D eigenvalue weighted by atomic mass is 10.1. The molecule has 1 fully saturated rings. The Labute approximate surface area is 163 Å². The zero-order valence-corrected chi connectivity index (χ0v) is 16.3. The van der Waals surface area contributed by atoms with Crippen LogP contribution < -0.4 is 9.47 Å². The fraction of sp³-hybridized carbons (Fsp3) is 0.263. The van der Waals surface area contributed by atoms with Crippen molar-refractivity contribution < 1.29 is 14.3 Å². The van der Waals surface area contributed by atoms with Gasteiger partial charge in [0, 0.05) is 35.9 Å². The van der Waals surface area contributed by atoms with Gasteiger partial charge in [-0.2, -0.15) is 0 Å². The quantitative estimate of drug-likeness (QED) is 0.407. The van der Waals surface area contributed by atoms with Gasteiger partial charge in [0.2, 0.25) is 0 Å². The SMILES string of the molecule is COc1ccc(CN2SN(Cc3ccc(C=O)cc3)CC2=S)c(OC)c1. The number of carbonyl (C=O) groups is 1. The second-order valence-corrected chi connectivity index (χ2v) is 7.44. The van der Waals surface area contributed by atoms with Crippen LogP contribution in [-0.4, -0.2) is 40.6 Å². The predicted octanol–water partition coefficient (Wildman–Crippen LogP) is 3.72. The number of hydrogen-bond donors (Lipinski definition) is 0. The molecule has 0 spiro atoms. The molecule has 0 atom stereocenters. The maximum atomic E-state index is 10.8. The van der Waals surface area contributed by atoms with Gasteiger partial charge in [-0.05, 0) is 17.7 Å². The molecule has 1 aliphatic rings. The van der Waals surface area contributed by atoms with E-state index in [-0.39, 0.29) is 0 Å². The first-order chi connectivity index (χ1) is 12.6. The van der Waals surface area contributed by atoms with Crippen molar-refractivity contribution in [1.82, 2.24) is 8.61 Å². The lowest BCUT2D eigenvalue weighted by Crippen LogP contribution is -2.18. The number of benzene rings is 2. The molecule has 26 heavy (non-hydrogen) atoms. The van der Waals surface area contributed by atoms with Crippen molar-refractivity contribution in [2.24, 2.45) is 0 Å². The Bertz CT molecular complexity index is 796. The van der Waals surface area contributed by atoms with Gasteiger partial charge in [0.15, 0.2) is 0 Å². The van der Waals surface area contributed by atoms with Crippen LogP contribution in [-0.2, 0) is 13.1 Å². The maximum Gasteiger partial charge on any atom is 0.150 e. The van der Waals surface area contributed by atoms with Crippen molar-refractivity contribution in [2.45, 2.75) is 13.1 Å². The largest absolute Gasteiger partial charge is 0.497 e. The second kappa shape index (κ2) is 8.53. The summed E-state index contributed by atoms with van der Waals surface area (Å²) in [5.41, 5.74) is 2.89. The maximum absolute atomic E-state index is 10.8. The van der Waals surface area contributed by atoms with E-state index in [4.69, 9.17) is 21.7 Å². The van der Waals surface area contributed by atoms with Gasteiger partial charge < -0.3 is 9.47 Å². The molecule has 0 unspecified atom stereocenters. The van der Waals surface area contributed by atoms with E-state index in [0.717, 1.165) is 40.4 Å². The number of carbonyl (C=O) groups excluding carboxylic acids is 1. The molecule has 136 valence electrons. The molecule has 7 heteroatoms. The highest BCUT2D eigenvalue weighted by Gasteiger charge is 2.27. The summed E-state index contributed by atoms with van der Waals surface area (Å²) in [6, 6.07) is 13.4. The third kappa shape index (κ3) is 4.35. The van der Waals surface area contributed by atoms with Gasteiger partial charge in [-0.15, -0.1) is 0 Å². The Morgan fingerprint density at radius 3 is 2.54 bits per heavy atom. The molecule has 0 N–H and O–H groups in total. The Hall–Kier alpha value is -2.09. The minimum absolute atomic E-state index is 0.664. The molecular weight excluding hydrogens is 368 g/mol. The van der Waals surface area contributed by atoms with Crippen molar-refractivity contribution in [3.8, 4) is 11.5 Å². The normalized spacial score (nSPS) is 14.5. The summed E-state index contributed by atoms with van der Waals surface area (Å²) in [7, 11) is 3.29. The lowest BCUT2D eigenvalue weighted by molar-refractivity contribution is 0.112. The fourth-order valence-corrected chi connectivity index (χ4v) is 4.10. The topological polar surface area (TPSA) is 42.0 Å². The van der Waals surface area contributed by atoms with Crippen molar-refractivity contribution in [1.29, 1.82) is 0 Å². The Morgan fingerprint density at radius 2 is 1.88 bits per heavy atom. The molecule has 0 amide bonds. The summed E-state index contributed by atoms with van der Waals surface area (Å²) in [4.78, 5) is 11.6. The summed E-state index contributed by atoms with van der Waals surface area (Å²) in [5.74, 6) is 1.55. The van der Waals surface area contributed by atoms with E-state index in [1.54, 1.807) is 26.4 Å². The summed E-state index contributed by atoms with van der Waals surface area (Å²) in [6.45, 7) is 2.14. The van der Waals surface area contributed by atoms with Crippen molar-refractivity contribution in [3.63, 3.8) is 0 Å². The van der Waals surface area contributed by atoms with Gasteiger partial charge in [-0.3, -0.25) is 9.10 Å². The number of methoxy groups -OCH3 is 2. The smallest absolute Gasteiger partial charge is 0.150 e. The average Bonchev–Trinajstić information content (AvgIpc) is 3.01. The molecule has 0 bridgehead atoms. The first-order valence-electron chi connectivity index (χ1n) is 8.11. The standard InChI is InChI=1S/C19H20N2O3S2/c1-23-17-8-7-16(18(9-17)24-2)11-21-19(25)12-20(26-21)10-14-3-5-15(13-22)6-4-14/h3-9,13H,10-12H2,1-2H3. The first-order valence-corrected chi connectivity index (χ1v) is 9.25. The highest BCUT2D eigenvalue weighted by Crippen LogP contribution is 2.32. The number of thiocarbonyl (C=S) groups is 1. The summed E-state index contributed by atoms with van der Waals surface area (Å²) < 4.78 is 15.0. The van der Waals surface area contributed by atoms with E-state index in [1.807, 2.05) is 42.5 Å². The van der Waals surface area contributed by atoms with Gasteiger partial charge in [0.25, 0.3) is 0 Å². The molecule has 2 aromatic rings. The number of rotatable bonds is 7. The molecule has 0 aliphatic carbocycles. The summed E-state index contributed by atoms with van der Waals surface area (Å²) in [5, 5.41) is 0. The van der Waals surface area contributed by atoms with E-state index >= 15 is 0 Å². The minimum Gasteiger partial charge on any atom is -0.497 e. The molecular formula is C19H20N2O3S2.